The van der Waals surface area contributed by atoms with Crippen molar-refractivity contribution in [2.24, 2.45) is 0 Å². The molecule has 1 N–H and O–H groups in total. The fourth-order valence-corrected chi connectivity index (χ4v) is 6.86. The van der Waals surface area contributed by atoms with Crippen LogP contribution in [0.3, 0.4) is 0 Å². The van der Waals surface area contributed by atoms with Crippen LogP contribution in [0.25, 0.3) is 5.76 Å². The van der Waals surface area contributed by atoms with Gasteiger partial charge in [-0.05, 0) is 65.6 Å². The number of halogens is 1. The molecule has 1 fully saturated rings. The Morgan fingerprint density at radius 3 is 2.49 bits per heavy atom. The van der Waals surface area contributed by atoms with Crippen LogP contribution in [0.4, 0.5) is 15.2 Å². The van der Waals surface area contributed by atoms with Crippen LogP contribution in [0.1, 0.15) is 33.9 Å². The number of aromatic nitrogens is 2. The average Bonchev–Trinajstić information content (AvgIpc) is 3.65. The fourth-order valence-electron chi connectivity index (χ4n) is 5.04. The highest BCUT2D eigenvalue weighted by Crippen LogP contribution is 2.44. The van der Waals surface area contributed by atoms with E-state index in [0.29, 0.717) is 22.4 Å². The van der Waals surface area contributed by atoms with Gasteiger partial charge in [-0.2, -0.15) is 0 Å². The zero-order valence-corrected chi connectivity index (χ0v) is 26.3. The van der Waals surface area contributed by atoms with Gasteiger partial charge in [0.25, 0.3) is 11.5 Å². The Balaban J connectivity index is 1.33. The van der Waals surface area contributed by atoms with Crippen LogP contribution < -0.4 is 9.64 Å². The number of Topliss-reactive ketones (excluding diaryl/α,β-unsaturated/α-hetero) is 1. The van der Waals surface area contributed by atoms with E-state index in [1.807, 2.05) is 31.2 Å². The van der Waals surface area contributed by atoms with E-state index in [9.17, 15) is 29.2 Å². The highest BCUT2D eigenvalue weighted by atomic mass is 32.2. The van der Waals surface area contributed by atoms with Crippen molar-refractivity contribution >= 4 is 51.4 Å². The lowest BCUT2D eigenvalue weighted by Gasteiger charge is -2.22. The van der Waals surface area contributed by atoms with Crippen molar-refractivity contribution in [3.63, 3.8) is 0 Å². The van der Waals surface area contributed by atoms with Gasteiger partial charge in [-0.1, -0.05) is 71.6 Å². The van der Waals surface area contributed by atoms with Gasteiger partial charge in [0.1, 0.15) is 23.9 Å². The number of anilines is 1. The number of aliphatic hydroxyl groups excluding tert-OH is 1. The van der Waals surface area contributed by atoms with Crippen molar-refractivity contribution in [1.82, 2.24) is 10.2 Å². The van der Waals surface area contributed by atoms with E-state index >= 15 is 0 Å². The Morgan fingerprint density at radius 1 is 1.02 bits per heavy atom. The Bertz CT molecular complexity index is 2010. The quantitative estimate of drug-likeness (QED) is 0.0307. The minimum atomic E-state index is -1.23. The van der Waals surface area contributed by atoms with E-state index in [0.717, 1.165) is 32.9 Å². The topological polar surface area (TPSA) is 136 Å². The maximum atomic E-state index is 13.6. The van der Waals surface area contributed by atoms with Crippen LogP contribution in [0.5, 0.6) is 5.75 Å². The number of ether oxygens (including phenoxy) is 1. The molecular formula is C34H25FN4O6S2. The lowest BCUT2D eigenvalue weighted by atomic mass is 9.95. The maximum Gasteiger partial charge on any atom is 0.301 e. The number of rotatable bonds is 10. The predicted molar refractivity (Wildman–Crippen MR) is 176 cm³/mol. The minimum absolute atomic E-state index is 0.0733. The first-order valence-corrected chi connectivity index (χ1v) is 16.0. The lowest BCUT2D eigenvalue weighted by molar-refractivity contribution is -0.384. The number of hydrogen-bond donors (Lipinski definition) is 1. The summed E-state index contributed by atoms with van der Waals surface area (Å²) in [5.74, 6) is -1.77. The monoisotopic (exact) mass is 668 g/mol. The number of nitrogens with zero attached hydrogens (tertiary/aromatic N) is 4. The number of nitro groups is 1. The Morgan fingerprint density at radius 2 is 1.77 bits per heavy atom. The van der Waals surface area contributed by atoms with Crippen molar-refractivity contribution in [2.45, 2.75) is 29.7 Å². The van der Waals surface area contributed by atoms with Gasteiger partial charge in [0, 0.05) is 23.4 Å². The van der Waals surface area contributed by atoms with Crippen LogP contribution in [0.15, 0.2) is 107 Å². The molecular weight excluding hydrogens is 644 g/mol. The lowest BCUT2D eigenvalue weighted by Crippen LogP contribution is -2.29. The number of hydrogen-bond acceptors (Lipinski definition) is 10. The van der Waals surface area contributed by atoms with Crippen molar-refractivity contribution in [3.8, 4) is 5.75 Å². The maximum absolute atomic E-state index is 13.6. The third kappa shape index (κ3) is 6.76. The van der Waals surface area contributed by atoms with Crippen molar-refractivity contribution in [1.29, 1.82) is 0 Å². The molecule has 1 amide bonds. The van der Waals surface area contributed by atoms with Crippen molar-refractivity contribution in [2.75, 3.05) is 4.90 Å². The molecule has 1 aliphatic rings. The highest BCUT2D eigenvalue weighted by Gasteiger charge is 2.48. The first-order chi connectivity index (χ1) is 22.7. The summed E-state index contributed by atoms with van der Waals surface area (Å²) in [6.07, 6.45) is 0. The van der Waals surface area contributed by atoms with Gasteiger partial charge in [-0.3, -0.25) is 24.6 Å². The average molecular weight is 669 g/mol. The van der Waals surface area contributed by atoms with E-state index in [1.54, 1.807) is 36.4 Å². The molecule has 2 heterocycles. The molecule has 1 saturated heterocycles. The molecule has 0 radical (unpaired) electrons. The molecule has 47 heavy (non-hydrogen) atoms. The number of ketones is 1. The number of amides is 1. The van der Waals surface area contributed by atoms with Gasteiger partial charge in [0.2, 0.25) is 5.13 Å². The summed E-state index contributed by atoms with van der Waals surface area (Å²) in [5, 5.41) is 31.5. The second-order valence-electron chi connectivity index (χ2n) is 10.5. The molecule has 5 aromatic rings. The molecule has 4 aromatic carbocycles. The summed E-state index contributed by atoms with van der Waals surface area (Å²) >= 11 is 2.36. The zero-order valence-electron chi connectivity index (χ0n) is 24.7. The minimum Gasteiger partial charge on any atom is -0.507 e. The van der Waals surface area contributed by atoms with Gasteiger partial charge < -0.3 is 9.84 Å². The first-order valence-electron chi connectivity index (χ1n) is 14.2. The SMILES string of the molecule is Cc1ccccc1COc1ccc(C(O)=C2C(=O)C(=O)N(c3nnc(SCc4ccc(F)cc4)s3)C2c2cccc([N+](=O)[O-])c2)cc1. The predicted octanol–water partition coefficient (Wildman–Crippen LogP) is 7.39. The number of non-ortho nitro benzene ring substituents is 1. The molecule has 0 aliphatic carbocycles. The number of carbonyl (C=O) groups is 2. The number of thioether (sulfide) groups is 1. The van der Waals surface area contributed by atoms with Crippen molar-refractivity contribution in [3.05, 3.63) is 146 Å². The van der Waals surface area contributed by atoms with E-state index in [-0.39, 0.29) is 33.3 Å². The van der Waals surface area contributed by atoms with E-state index < -0.39 is 28.4 Å². The number of benzene rings is 4. The summed E-state index contributed by atoms with van der Waals surface area (Å²) in [6.45, 7) is 2.32. The summed E-state index contributed by atoms with van der Waals surface area (Å²) < 4.78 is 19.7. The summed E-state index contributed by atoms with van der Waals surface area (Å²) in [5.41, 5.74) is 2.92. The molecule has 1 unspecified atom stereocenters. The number of nitro benzene ring substituents is 1. The molecule has 1 aliphatic heterocycles. The van der Waals surface area contributed by atoms with Gasteiger partial charge in [-0.25, -0.2) is 4.39 Å². The van der Waals surface area contributed by atoms with Crippen LogP contribution in [-0.4, -0.2) is 31.9 Å². The van der Waals surface area contributed by atoms with E-state index in [2.05, 4.69) is 10.2 Å². The Hall–Kier alpha value is -5.40. The normalized spacial score (nSPS) is 15.6. The fraction of sp³-hybridized carbons (Fsp3) is 0.118. The zero-order chi connectivity index (χ0) is 33.1. The van der Waals surface area contributed by atoms with Crippen LogP contribution in [0, 0.1) is 22.9 Å². The Labute approximate surface area is 276 Å². The molecule has 0 spiro atoms. The molecule has 1 aromatic heterocycles. The largest absolute Gasteiger partial charge is 0.507 e. The third-order valence-corrected chi connectivity index (χ3v) is 9.63. The number of aryl methyl sites for hydroxylation is 1. The van der Waals surface area contributed by atoms with Gasteiger partial charge in [0.05, 0.1) is 16.5 Å². The standard InChI is InChI=1S/C34H25FN4O6S2/c1-20-5-2-3-6-24(20)18-45-27-15-11-22(12-16-27)30(40)28-29(23-7-4-8-26(17-23)39(43)44)38(32(42)31(28)41)33-36-37-34(47-33)46-19-21-9-13-25(35)14-10-21/h2-17,29,40H,18-19H2,1H3. The second kappa shape index (κ2) is 13.5. The first kappa shape index (κ1) is 31.6. The highest BCUT2D eigenvalue weighted by molar-refractivity contribution is 8.00. The number of aliphatic hydroxyl groups is 1. The summed E-state index contributed by atoms with van der Waals surface area (Å²) in [4.78, 5) is 39.3. The molecule has 0 bridgehead atoms. The van der Waals surface area contributed by atoms with Gasteiger partial charge in [0.15, 0.2) is 4.34 Å². The van der Waals surface area contributed by atoms with Gasteiger partial charge in [-0.15, -0.1) is 10.2 Å². The van der Waals surface area contributed by atoms with E-state index in [1.165, 1.54) is 48.2 Å². The van der Waals surface area contributed by atoms with Gasteiger partial charge >= 0.3 is 5.91 Å². The molecule has 6 rings (SSSR count). The second-order valence-corrected chi connectivity index (χ2v) is 12.7. The van der Waals surface area contributed by atoms with Crippen LogP contribution in [-0.2, 0) is 21.9 Å². The van der Waals surface area contributed by atoms with Crippen molar-refractivity contribution < 1.29 is 28.7 Å². The number of carbonyl (C=O) groups excluding carboxylic acids is 2. The smallest absolute Gasteiger partial charge is 0.301 e. The molecule has 1 atom stereocenters. The summed E-state index contributed by atoms with van der Waals surface area (Å²) in [7, 11) is 0. The van der Waals surface area contributed by atoms with Crippen LogP contribution >= 0.6 is 23.1 Å². The van der Waals surface area contributed by atoms with Crippen LogP contribution in [0.2, 0.25) is 0 Å². The summed E-state index contributed by atoms with van der Waals surface area (Å²) in [6, 6.07) is 24.5. The van der Waals surface area contributed by atoms with E-state index in [4.69, 9.17) is 4.74 Å². The third-order valence-electron chi connectivity index (χ3n) is 7.50. The molecule has 13 heteroatoms. The molecule has 10 nitrogen and oxygen atoms in total. The Kier molecular flexibility index (Phi) is 9.09. The molecule has 236 valence electrons. The molecule has 0 saturated carbocycles.